The highest BCUT2D eigenvalue weighted by atomic mass is 19.1. The summed E-state index contributed by atoms with van der Waals surface area (Å²) >= 11 is 0. The molecule has 6 nitrogen and oxygen atoms in total. The Bertz CT molecular complexity index is 875. The zero-order valence-electron chi connectivity index (χ0n) is 17.9. The lowest BCUT2D eigenvalue weighted by Gasteiger charge is -2.28. The third kappa shape index (κ3) is 5.34. The molecule has 0 bridgehead atoms. The smallest absolute Gasteiger partial charge is 0.274 e. The summed E-state index contributed by atoms with van der Waals surface area (Å²) in [5.74, 6) is -0.0155. The first kappa shape index (κ1) is 21.7. The number of H-pyrrole nitrogens is 1. The second-order valence-corrected chi connectivity index (χ2v) is 8.31. The lowest BCUT2D eigenvalue weighted by atomic mass is 10.0. The van der Waals surface area contributed by atoms with Crippen LogP contribution in [0.25, 0.3) is 0 Å². The summed E-state index contributed by atoms with van der Waals surface area (Å²) in [5.41, 5.74) is 0.527. The molecular formula is C23H30FN4O2+. The largest absolute Gasteiger partial charge is 0.350 e. The first-order valence-electron chi connectivity index (χ1n) is 10.4. The number of hydrogen-bond donors (Lipinski definition) is 1. The quantitative estimate of drug-likeness (QED) is 0.758. The van der Waals surface area contributed by atoms with Crippen molar-refractivity contribution >= 4 is 23.3 Å². The van der Waals surface area contributed by atoms with Crippen LogP contribution in [0, 0.1) is 5.82 Å². The molecule has 0 atom stereocenters. The maximum Gasteiger partial charge on any atom is 0.274 e. The monoisotopic (exact) mass is 413 g/mol. The standard InChI is InChI=1S/C23H29FN4O2/c1-4-23(2,3)26-21(29)16-28(19-10-8-18(24)9-11-19)22(30)17-7-12-20(25-15-17)27-13-5-6-14-27/h7-12,15H,4-6,13-14,16H2,1-3H3,(H,26,29)/p+1. The van der Waals surface area contributed by atoms with Crippen LogP contribution in [0.2, 0.25) is 0 Å². The summed E-state index contributed by atoms with van der Waals surface area (Å²) in [5, 5.41) is 2.95. The summed E-state index contributed by atoms with van der Waals surface area (Å²) in [6.07, 6.45) is 4.75. The van der Waals surface area contributed by atoms with Crippen LogP contribution in [0.1, 0.15) is 50.4 Å². The van der Waals surface area contributed by atoms with E-state index < -0.39 is 5.82 Å². The average molecular weight is 414 g/mol. The minimum absolute atomic E-state index is 0.151. The van der Waals surface area contributed by atoms with Crippen LogP contribution < -0.4 is 20.1 Å². The number of nitrogens with one attached hydrogen (secondary N) is 2. The van der Waals surface area contributed by atoms with Gasteiger partial charge in [0.25, 0.3) is 11.7 Å². The van der Waals surface area contributed by atoms with Crippen LogP contribution in [0.4, 0.5) is 15.9 Å². The van der Waals surface area contributed by atoms with Crippen LogP contribution >= 0.6 is 0 Å². The first-order chi connectivity index (χ1) is 14.3. The van der Waals surface area contributed by atoms with Gasteiger partial charge in [-0.2, -0.15) is 0 Å². The second-order valence-electron chi connectivity index (χ2n) is 8.31. The second kappa shape index (κ2) is 9.24. The molecule has 0 aliphatic carbocycles. The van der Waals surface area contributed by atoms with Crippen LogP contribution in [-0.4, -0.2) is 37.0 Å². The number of carbonyl (C=O) groups is 2. The van der Waals surface area contributed by atoms with Gasteiger partial charge in [-0.1, -0.05) is 6.92 Å². The van der Waals surface area contributed by atoms with E-state index in [9.17, 15) is 14.0 Å². The number of carbonyl (C=O) groups excluding carboxylic acids is 2. The van der Waals surface area contributed by atoms with Crippen molar-refractivity contribution in [2.75, 3.05) is 29.4 Å². The Kier molecular flexibility index (Phi) is 6.70. The number of rotatable bonds is 7. The summed E-state index contributed by atoms with van der Waals surface area (Å²) in [7, 11) is 0. The number of aromatic nitrogens is 1. The molecule has 1 fully saturated rings. The van der Waals surface area contributed by atoms with E-state index in [2.05, 4.69) is 15.2 Å². The first-order valence-corrected chi connectivity index (χ1v) is 10.4. The molecule has 160 valence electrons. The topological polar surface area (TPSA) is 66.8 Å². The molecule has 2 aromatic rings. The lowest BCUT2D eigenvalue weighted by Crippen LogP contribution is -2.48. The molecule has 2 amide bonds. The molecule has 1 aromatic heterocycles. The highest BCUT2D eigenvalue weighted by Gasteiger charge is 2.26. The maximum absolute atomic E-state index is 13.4. The van der Waals surface area contributed by atoms with Gasteiger partial charge in [-0.25, -0.2) is 9.37 Å². The van der Waals surface area contributed by atoms with Crippen LogP contribution in [0.5, 0.6) is 0 Å². The lowest BCUT2D eigenvalue weighted by molar-refractivity contribution is -0.364. The molecule has 0 saturated carbocycles. The molecule has 1 aromatic carbocycles. The number of nitrogens with zero attached hydrogens (tertiary/aromatic N) is 2. The van der Waals surface area contributed by atoms with Crippen LogP contribution in [-0.2, 0) is 4.79 Å². The Morgan fingerprint density at radius 3 is 2.37 bits per heavy atom. The van der Waals surface area contributed by atoms with Gasteiger partial charge in [0.2, 0.25) is 5.91 Å². The van der Waals surface area contributed by atoms with Gasteiger partial charge in [-0.15, -0.1) is 0 Å². The molecule has 0 unspecified atom stereocenters. The molecule has 1 aliphatic rings. The summed E-state index contributed by atoms with van der Waals surface area (Å²) < 4.78 is 13.4. The normalized spacial score (nSPS) is 13.9. The molecule has 1 saturated heterocycles. The molecule has 3 rings (SSSR count). The predicted octanol–water partition coefficient (Wildman–Crippen LogP) is 3.19. The van der Waals surface area contributed by atoms with Gasteiger partial charge >= 0.3 is 0 Å². The fourth-order valence-corrected chi connectivity index (χ4v) is 3.41. The summed E-state index contributed by atoms with van der Waals surface area (Å²) in [6, 6.07) is 9.23. The third-order valence-electron chi connectivity index (χ3n) is 5.54. The molecule has 2 N–H and O–H groups in total. The Hall–Kier alpha value is -2.96. The number of anilines is 2. The van der Waals surface area contributed by atoms with E-state index in [4.69, 9.17) is 0 Å². The summed E-state index contributed by atoms with van der Waals surface area (Å²) in [6.45, 7) is 7.70. The van der Waals surface area contributed by atoms with E-state index in [-0.39, 0.29) is 23.9 Å². The van der Waals surface area contributed by atoms with Gasteiger partial charge in [0.1, 0.15) is 18.6 Å². The SMILES string of the molecule is CCC(C)(C)NC(=O)CN(C(=O)c1ccc(N2CCCC2)[nH+]c1)c1ccc(F)cc1. The highest BCUT2D eigenvalue weighted by molar-refractivity contribution is 6.08. The number of aromatic amines is 1. The van der Waals surface area contributed by atoms with Crippen LogP contribution in [0.3, 0.4) is 0 Å². The molecule has 0 spiro atoms. The van der Waals surface area contributed by atoms with E-state index in [0.29, 0.717) is 11.3 Å². The Labute approximate surface area is 177 Å². The van der Waals surface area contributed by atoms with Gasteiger partial charge in [0.05, 0.1) is 18.7 Å². The fraction of sp³-hybridized carbons (Fsp3) is 0.435. The molecule has 1 aliphatic heterocycles. The number of halogens is 1. The molecule has 30 heavy (non-hydrogen) atoms. The van der Waals surface area contributed by atoms with Gasteiger partial charge in [-0.3, -0.25) is 19.4 Å². The minimum Gasteiger partial charge on any atom is -0.350 e. The van der Waals surface area contributed by atoms with Crippen molar-refractivity contribution in [2.45, 2.75) is 45.6 Å². The van der Waals surface area contributed by atoms with Crippen molar-refractivity contribution in [3.8, 4) is 0 Å². The fourth-order valence-electron chi connectivity index (χ4n) is 3.41. The minimum atomic E-state index is -0.397. The van der Waals surface area contributed by atoms with Crippen molar-refractivity contribution in [2.24, 2.45) is 0 Å². The third-order valence-corrected chi connectivity index (χ3v) is 5.54. The predicted molar refractivity (Wildman–Crippen MR) is 115 cm³/mol. The van der Waals surface area contributed by atoms with E-state index in [1.54, 1.807) is 12.3 Å². The van der Waals surface area contributed by atoms with E-state index in [0.717, 1.165) is 38.2 Å². The number of amides is 2. The van der Waals surface area contributed by atoms with Gasteiger partial charge in [0, 0.05) is 17.3 Å². The molecular weight excluding hydrogens is 383 g/mol. The maximum atomic E-state index is 13.4. The van der Waals surface area contributed by atoms with Crippen LogP contribution in [0.15, 0.2) is 42.6 Å². The number of benzene rings is 1. The van der Waals surface area contributed by atoms with Crippen molar-refractivity contribution in [1.29, 1.82) is 0 Å². The number of pyridine rings is 1. The van der Waals surface area contributed by atoms with Gasteiger partial charge < -0.3 is 5.32 Å². The van der Waals surface area contributed by atoms with Crippen molar-refractivity contribution in [1.82, 2.24) is 5.32 Å². The van der Waals surface area contributed by atoms with E-state index >= 15 is 0 Å². The molecule has 2 heterocycles. The van der Waals surface area contributed by atoms with E-state index in [1.165, 1.54) is 29.2 Å². The average Bonchev–Trinajstić information content (AvgIpc) is 3.27. The Balaban J connectivity index is 1.82. The highest BCUT2D eigenvalue weighted by Crippen LogP contribution is 2.20. The summed E-state index contributed by atoms with van der Waals surface area (Å²) in [4.78, 5) is 32.7. The molecule has 7 heteroatoms. The zero-order chi connectivity index (χ0) is 21.7. The molecule has 0 radical (unpaired) electrons. The zero-order valence-corrected chi connectivity index (χ0v) is 17.9. The van der Waals surface area contributed by atoms with Gasteiger partial charge in [-0.05, 0) is 63.4 Å². The van der Waals surface area contributed by atoms with Gasteiger partial charge in [0.15, 0.2) is 0 Å². The van der Waals surface area contributed by atoms with Crippen molar-refractivity contribution < 1.29 is 19.0 Å². The number of hydrogen-bond acceptors (Lipinski definition) is 3. The Morgan fingerprint density at radius 1 is 1.13 bits per heavy atom. The van der Waals surface area contributed by atoms with Crippen molar-refractivity contribution in [3.63, 3.8) is 0 Å². The van der Waals surface area contributed by atoms with E-state index in [1.807, 2.05) is 26.8 Å². The van der Waals surface area contributed by atoms with Crippen molar-refractivity contribution in [3.05, 3.63) is 54.0 Å². The Morgan fingerprint density at radius 2 is 1.80 bits per heavy atom.